The summed E-state index contributed by atoms with van der Waals surface area (Å²) in [5, 5.41) is 2.93. The van der Waals surface area contributed by atoms with Crippen LogP contribution in [0.5, 0.6) is 5.75 Å². The summed E-state index contributed by atoms with van der Waals surface area (Å²) in [5.74, 6) is 1.60. The Bertz CT molecular complexity index is 1030. The monoisotopic (exact) mass is 420 g/mol. The number of carbonyl (C=O) groups is 1. The van der Waals surface area contributed by atoms with Gasteiger partial charge in [-0.1, -0.05) is 24.1 Å². The van der Waals surface area contributed by atoms with Gasteiger partial charge in [-0.2, -0.15) is 0 Å². The zero-order chi connectivity index (χ0) is 21.8. The zero-order valence-corrected chi connectivity index (χ0v) is 18.7. The van der Waals surface area contributed by atoms with Gasteiger partial charge in [0.25, 0.3) is 5.91 Å². The van der Waals surface area contributed by atoms with Crippen LogP contribution >= 0.6 is 0 Å². The van der Waals surface area contributed by atoms with Gasteiger partial charge in [0.15, 0.2) is 6.61 Å². The Morgan fingerprint density at radius 2 is 1.84 bits per heavy atom. The fourth-order valence-electron chi connectivity index (χ4n) is 4.21. The molecule has 0 radical (unpaired) electrons. The molecule has 0 spiro atoms. The summed E-state index contributed by atoms with van der Waals surface area (Å²) in [5.41, 5.74) is 3.92. The van der Waals surface area contributed by atoms with Crippen LogP contribution < -0.4 is 10.1 Å². The third-order valence-electron chi connectivity index (χ3n) is 5.77. The molecular weight excluding hydrogens is 388 g/mol. The number of nitrogens with one attached hydrogen (secondary N) is 1. The molecule has 1 aliphatic heterocycles. The maximum absolute atomic E-state index is 12.4. The number of carbonyl (C=O) groups excluding carboxylic acids is 1. The Morgan fingerprint density at radius 1 is 1.10 bits per heavy atom. The first-order chi connectivity index (χ1) is 15.0. The number of hydrogen-bond donors (Lipinski definition) is 1. The largest absolute Gasteiger partial charge is 0.484 e. The molecule has 0 atom stereocenters. The molecule has 6 heteroatoms. The van der Waals surface area contributed by atoms with Gasteiger partial charge >= 0.3 is 0 Å². The third kappa shape index (κ3) is 5.25. The number of likely N-dealkylation sites (tertiary alicyclic amines) is 1. The Hall–Kier alpha value is -2.86. The van der Waals surface area contributed by atoms with Gasteiger partial charge in [0.2, 0.25) is 0 Å². The maximum Gasteiger partial charge on any atom is 0.262 e. The highest BCUT2D eigenvalue weighted by atomic mass is 16.5. The summed E-state index contributed by atoms with van der Waals surface area (Å²) >= 11 is 0. The molecule has 2 heterocycles. The second kappa shape index (κ2) is 9.52. The first-order valence-electron chi connectivity index (χ1n) is 11.2. The molecular formula is C25H32N4O2. The molecule has 3 aromatic rings. The predicted octanol–water partition coefficient (Wildman–Crippen LogP) is 4.93. The number of imidazole rings is 1. The minimum Gasteiger partial charge on any atom is -0.484 e. The summed E-state index contributed by atoms with van der Waals surface area (Å²) in [6.07, 6.45) is 3.86. The normalized spacial score (nSPS) is 14.8. The van der Waals surface area contributed by atoms with Crippen molar-refractivity contribution in [3.8, 4) is 5.75 Å². The lowest BCUT2D eigenvalue weighted by Crippen LogP contribution is -2.30. The number of nitrogens with zero attached hydrogens (tertiary/aromatic N) is 3. The summed E-state index contributed by atoms with van der Waals surface area (Å²) < 4.78 is 7.90. The highest BCUT2D eigenvalue weighted by Crippen LogP contribution is 2.25. The number of amides is 1. The van der Waals surface area contributed by atoms with Gasteiger partial charge in [0, 0.05) is 11.7 Å². The number of ether oxygens (including phenoxy) is 1. The van der Waals surface area contributed by atoms with Crippen LogP contribution in [0.2, 0.25) is 0 Å². The first-order valence-corrected chi connectivity index (χ1v) is 11.2. The highest BCUT2D eigenvalue weighted by molar-refractivity contribution is 5.94. The van der Waals surface area contributed by atoms with Gasteiger partial charge in [-0.15, -0.1) is 0 Å². The first kappa shape index (κ1) is 21.4. The number of fused-ring (bicyclic) bond motifs is 1. The Morgan fingerprint density at radius 3 is 2.55 bits per heavy atom. The molecule has 0 unspecified atom stereocenters. The molecule has 1 aliphatic rings. The van der Waals surface area contributed by atoms with E-state index in [2.05, 4.69) is 34.7 Å². The molecule has 0 saturated carbocycles. The van der Waals surface area contributed by atoms with Gasteiger partial charge in [0.05, 0.1) is 17.6 Å². The van der Waals surface area contributed by atoms with E-state index in [0.29, 0.717) is 11.8 Å². The summed E-state index contributed by atoms with van der Waals surface area (Å²) in [6, 6.07) is 14.0. The molecule has 1 saturated heterocycles. The average molecular weight is 421 g/mol. The lowest BCUT2D eigenvalue weighted by Gasteiger charge is -2.26. The van der Waals surface area contributed by atoms with E-state index in [1.165, 1.54) is 19.3 Å². The van der Waals surface area contributed by atoms with E-state index in [4.69, 9.17) is 9.72 Å². The van der Waals surface area contributed by atoms with Crippen LogP contribution in [0.15, 0.2) is 42.5 Å². The van der Waals surface area contributed by atoms with E-state index in [9.17, 15) is 4.79 Å². The second-order valence-corrected chi connectivity index (χ2v) is 8.68. The van der Waals surface area contributed by atoms with Crippen LogP contribution in [0.3, 0.4) is 0 Å². The van der Waals surface area contributed by atoms with E-state index in [-0.39, 0.29) is 12.5 Å². The molecule has 0 aliphatic carbocycles. The molecule has 1 N–H and O–H groups in total. The fraction of sp³-hybridized carbons (Fsp3) is 0.440. The SMILES string of the molecule is Cc1ccc(OCC(=O)Nc2ccc3c(c2)nc(CN2CCCCC2)n3C(C)C)cc1. The maximum atomic E-state index is 12.4. The molecule has 6 nitrogen and oxygen atoms in total. The molecule has 1 aromatic heterocycles. The fourth-order valence-corrected chi connectivity index (χ4v) is 4.21. The highest BCUT2D eigenvalue weighted by Gasteiger charge is 2.18. The summed E-state index contributed by atoms with van der Waals surface area (Å²) in [4.78, 5) is 19.8. The van der Waals surface area contributed by atoms with Crippen molar-refractivity contribution in [2.75, 3.05) is 25.0 Å². The predicted molar refractivity (Wildman–Crippen MR) is 125 cm³/mol. The van der Waals surface area contributed by atoms with Crippen molar-refractivity contribution >= 4 is 22.6 Å². The van der Waals surface area contributed by atoms with E-state index < -0.39 is 0 Å². The topological polar surface area (TPSA) is 59.4 Å². The van der Waals surface area contributed by atoms with Crippen molar-refractivity contribution in [2.45, 2.75) is 52.6 Å². The van der Waals surface area contributed by atoms with Crippen molar-refractivity contribution in [1.82, 2.24) is 14.5 Å². The van der Waals surface area contributed by atoms with Crippen LogP contribution in [-0.2, 0) is 11.3 Å². The molecule has 164 valence electrons. The van der Waals surface area contributed by atoms with Crippen molar-refractivity contribution < 1.29 is 9.53 Å². The van der Waals surface area contributed by atoms with E-state index >= 15 is 0 Å². The van der Waals surface area contributed by atoms with Crippen LogP contribution in [0.4, 0.5) is 5.69 Å². The standard InChI is InChI=1S/C25H32N4O2/c1-18(2)29-23-12-9-20(26-25(30)17-31-21-10-7-19(3)8-11-21)15-22(23)27-24(29)16-28-13-5-4-6-14-28/h7-12,15,18H,4-6,13-14,16-17H2,1-3H3,(H,26,30). The number of rotatable bonds is 7. The number of anilines is 1. The Kier molecular flexibility index (Phi) is 6.56. The average Bonchev–Trinajstić information content (AvgIpc) is 3.11. The third-order valence-corrected chi connectivity index (χ3v) is 5.77. The lowest BCUT2D eigenvalue weighted by atomic mass is 10.1. The number of aromatic nitrogens is 2. The molecule has 2 aromatic carbocycles. The van der Waals surface area contributed by atoms with E-state index in [1.807, 2.05) is 43.3 Å². The summed E-state index contributed by atoms with van der Waals surface area (Å²) in [6.45, 7) is 9.54. The molecule has 1 amide bonds. The van der Waals surface area contributed by atoms with Gasteiger partial charge in [0.1, 0.15) is 11.6 Å². The van der Waals surface area contributed by atoms with Gasteiger partial charge in [-0.3, -0.25) is 9.69 Å². The van der Waals surface area contributed by atoms with Crippen molar-refractivity contribution in [1.29, 1.82) is 0 Å². The number of piperidine rings is 1. The van der Waals surface area contributed by atoms with Gasteiger partial charge in [-0.05, 0) is 77.0 Å². The number of aryl methyl sites for hydroxylation is 1. The molecule has 4 rings (SSSR count). The Balaban J connectivity index is 1.46. The lowest BCUT2D eigenvalue weighted by molar-refractivity contribution is -0.118. The molecule has 1 fully saturated rings. The second-order valence-electron chi connectivity index (χ2n) is 8.68. The van der Waals surface area contributed by atoms with E-state index in [0.717, 1.165) is 47.7 Å². The number of hydrogen-bond acceptors (Lipinski definition) is 4. The number of benzene rings is 2. The quantitative estimate of drug-likeness (QED) is 0.589. The minimum atomic E-state index is -0.184. The smallest absolute Gasteiger partial charge is 0.262 e. The molecule has 0 bridgehead atoms. The van der Waals surface area contributed by atoms with Crippen LogP contribution in [0.25, 0.3) is 11.0 Å². The van der Waals surface area contributed by atoms with Crippen LogP contribution in [0.1, 0.15) is 50.5 Å². The minimum absolute atomic E-state index is 0.0260. The van der Waals surface area contributed by atoms with E-state index in [1.54, 1.807) is 0 Å². The Labute approximate surface area is 184 Å². The van der Waals surface area contributed by atoms with Crippen molar-refractivity contribution in [2.24, 2.45) is 0 Å². The summed E-state index contributed by atoms with van der Waals surface area (Å²) in [7, 11) is 0. The van der Waals surface area contributed by atoms with Crippen LogP contribution in [-0.4, -0.2) is 40.1 Å². The molecule has 31 heavy (non-hydrogen) atoms. The van der Waals surface area contributed by atoms with Crippen molar-refractivity contribution in [3.63, 3.8) is 0 Å². The van der Waals surface area contributed by atoms with Gasteiger partial charge in [-0.25, -0.2) is 4.98 Å². The van der Waals surface area contributed by atoms with Crippen LogP contribution in [0, 0.1) is 6.92 Å². The van der Waals surface area contributed by atoms with Gasteiger partial charge < -0.3 is 14.6 Å². The zero-order valence-electron chi connectivity index (χ0n) is 18.7. The van der Waals surface area contributed by atoms with Crippen molar-refractivity contribution in [3.05, 3.63) is 53.9 Å².